The Morgan fingerprint density at radius 2 is 1.93 bits per heavy atom. The van der Waals surface area contributed by atoms with Gasteiger partial charge >= 0.3 is 0 Å². The van der Waals surface area contributed by atoms with Crippen LogP contribution < -0.4 is 0 Å². The zero-order valence-electron chi connectivity index (χ0n) is 8.65. The molecule has 82 valence electrons. The Kier molecular flexibility index (Phi) is 5.94. The molecular weight excluding hydrogens is 188 g/mol. The Morgan fingerprint density at radius 3 is 2.40 bits per heavy atom. The molecule has 0 saturated heterocycles. The van der Waals surface area contributed by atoms with E-state index >= 15 is 0 Å². The maximum absolute atomic E-state index is 4.15. The first-order valence-electron chi connectivity index (χ1n) is 4.66. The second kappa shape index (κ2) is 6.70. The standard InChI is InChI=1S/C8H8N4.C2H6.CH4/c1-6-10-8(12-11-6)7-4-2-3-5-9-7;1-2;/h2-5H,1H3,(H,10,11,12);1-2H3;1H4. The fraction of sp³-hybridized carbons (Fsp3) is 0.364. The third-order valence-electron chi connectivity index (χ3n) is 1.49. The first-order valence-corrected chi connectivity index (χ1v) is 4.66. The molecule has 2 aromatic rings. The van der Waals surface area contributed by atoms with Crippen molar-refractivity contribution in [2.45, 2.75) is 28.2 Å². The number of aromatic amines is 1. The molecule has 0 aliphatic carbocycles. The number of aromatic nitrogens is 4. The van der Waals surface area contributed by atoms with Gasteiger partial charge in [0.1, 0.15) is 11.5 Å². The molecule has 4 heteroatoms. The number of hydrogen-bond donors (Lipinski definition) is 1. The van der Waals surface area contributed by atoms with Gasteiger partial charge < -0.3 is 0 Å². The number of rotatable bonds is 1. The van der Waals surface area contributed by atoms with Crippen molar-refractivity contribution in [2.75, 3.05) is 0 Å². The molecule has 0 spiro atoms. The molecular formula is C11H18N4. The normalized spacial score (nSPS) is 8.47. The number of H-pyrrole nitrogens is 1. The molecule has 2 aromatic heterocycles. The lowest BCUT2D eigenvalue weighted by Crippen LogP contribution is -1.83. The minimum Gasteiger partial charge on any atom is -0.263 e. The van der Waals surface area contributed by atoms with Crippen molar-refractivity contribution in [1.29, 1.82) is 0 Å². The zero-order valence-corrected chi connectivity index (χ0v) is 8.65. The molecule has 2 heterocycles. The topological polar surface area (TPSA) is 54.5 Å². The number of aryl methyl sites for hydroxylation is 1. The van der Waals surface area contributed by atoms with Gasteiger partial charge in [0.05, 0.1) is 0 Å². The Hall–Kier alpha value is -1.71. The van der Waals surface area contributed by atoms with E-state index in [0.29, 0.717) is 5.82 Å². The van der Waals surface area contributed by atoms with Gasteiger partial charge in [-0.1, -0.05) is 27.3 Å². The highest BCUT2D eigenvalue weighted by Crippen LogP contribution is 2.08. The third kappa shape index (κ3) is 3.50. The van der Waals surface area contributed by atoms with Crippen LogP contribution in [-0.2, 0) is 0 Å². The number of pyridine rings is 1. The summed E-state index contributed by atoms with van der Waals surface area (Å²) in [5.41, 5.74) is 0.793. The summed E-state index contributed by atoms with van der Waals surface area (Å²) in [4.78, 5) is 8.27. The van der Waals surface area contributed by atoms with Crippen molar-refractivity contribution < 1.29 is 0 Å². The Morgan fingerprint density at radius 1 is 1.20 bits per heavy atom. The monoisotopic (exact) mass is 206 g/mol. The highest BCUT2D eigenvalue weighted by atomic mass is 15.2. The van der Waals surface area contributed by atoms with Crippen LogP contribution in [-0.4, -0.2) is 20.2 Å². The minimum atomic E-state index is 0. The average molecular weight is 206 g/mol. The summed E-state index contributed by atoms with van der Waals surface area (Å²) in [5.74, 6) is 1.45. The summed E-state index contributed by atoms with van der Waals surface area (Å²) < 4.78 is 0. The molecule has 0 atom stereocenters. The Labute approximate surface area is 90.8 Å². The van der Waals surface area contributed by atoms with E-state index in [0.717, 1.165) is 11.5 Å². The van der Waals surface area contributed by atoms with Gasteiger partial charge in [0.15, 0.2) is 5.82 Å². The van der Waals surface area contributed by atoms with E-state index in [1.807, 2.05) is 39.0 Å². The molecule has 0 unspecified atom stereocenters. The molecule has 4 nitrogen and oxygen atoms in total. The Balaban J connectivity index is 0.000000617. The van der Waals surface area contributed by atoms with Gasteiger partial charge in [-0.3, -0.25) is 10.1 Å². The van der Waals surface area contributed by atoms with Crippen molar-refractivity contribution >= 4 is 0 Å². The molecule has 0 aromatic carbocycles. The maximum atomic E-state index is 4.15. The van der Waals surface area contributed by atoms with Gasteiger partial charge in [0.2, 0.25) is 0 Å². The fourth-order valence-electron chi connectivity index (χ4n) is 0.952. The maximum Gasteiger partial charge on any atom is 0.199 e. The van der Waals surface area contributed by atoms with Gasteiger partial charge in [-0.25, -0.2) is 4.98 Å². The minimum absolute atomic E-state index is 0. The molecule has 0 saturated carbocycles. The van der Waals surface area contributed by atoms with Crippen LogP contribution in [0, 0.1) is 6.92 Å². The van der Waals surface area contributed by atoms with Crippen molar-refractivity contribution in [1.82, 2.24) is 20.2 Å². The highest BCUT2D eigenvalue weighted by Gasteiger charge is 2.02. The average Bonchev–Trinajstić information content (AvgIpc) is 2.69. The van der Waals surface area contributed by atoms with Gasteiger partial charge in [-0.2, -0.15) is 5.10 Å². The van der Waals surface area contributed by atoms with Crippen LogP contribution in [0.1, 0.15) is 27.1 Å². The highest BCUT2D eigenvalue weighted by molar-refractivity contribution is 5.47. The molecule has 2 rings (SSSR count). The van der Waals surface area contributed by atoms with Crippen LogP contribution in [0.4, 0.5) is 0 Å². The summed E-state index contributed by atoms with van der Waals surface area (Å²) in [7, 11) is 0. The summed E-state index contributed by atoms with van der Waals surface area (Å²) in [6.07, 6.45) is 1.72. The lowest BCUT2D eigenvalue weighted by atomic mass is 10.3. The van der Waals surface area contributed by atoms with E-state index < -0.39 is 0 Å². The lowest BCUT2D eigenvalue weighted by molar-refractivity contribution is 1.04. The van der Waals surface area contributed by atoms with E-state index in [1.165, 1.54) is 0 Å². The van der Waals surface area contributed by atoms with Gasteiger partial charge in [0, 0.05) is 6.20 Å². The van der Waals surface area contributed by atoms with Gasteiger partial charge in [-0.15, -0.1) is 0 Å². The molecule has 0 aliphatic rings. The smallest absolute Gasteiger partial charge is 0.199 e. The zero-order chi connectivity index (χ0) is 10.4. The fourth-order valence-corrected chi connectivity index (χ4v) is 0.952. The Bertz CT molecular complexity index is 367. The van der Waals surface area contributed by atoms with Crippen LogP contribution in [0.5, 0.6) is 0 Å². The first-order chi connectivity index (χ1) is 6.86. The third-order valence-corrected chi connectivity index (χ3v) is 1.49. The van der Waals surface area contributed by atoms with E-state index in [-0.39, 0.29) is 7.43 Å². The van der Waals surface area contributed by atoms with Crippen molar-refractivity contribution in [2.24, 2.45) is 0 Å². The quantitative estimate of drug-likeness (QED) is 0.780. The van der Waals surface area contributed by atoms with Gasteiger partial charge in [-0.05, 0) is 19.1 Å². The SMILES string of the molecule is C.CC.Cc1nc(-c2ccccn2)n[nH]1. The van der Waals surface area contributed by atoms with Crippen molar-refractivity contribution in [3.05, 3.63) is 30.2 Å². The van der Waals surface area contributed by atoms with Crippen LogP contribution in [0.25, 0.3) is 11.5 Å². The van der Waals surface area contributed by atoms with Crippen LogP contribution in [0.2, 0.25) is 0 Å². The van der Waals surface area contributed by atoms with Gasteiger partial charge in [0.25, 0.3) is 0 Å². The van der Waals surface area contributed by atoms with Crippen molar-refractivity contribution in [3.8, 4) is 11.5 Å². The second-order valence-electron chi connectivity index (χ2n) is 2.46. The van der Waals surface area contributed by atoms with E-state index in [2.05, 4.69) is 20.2 Å². The molecule has 0 aliphatic heterocycles. The first kappa shape index (κ1) is 13.3. The lowest BCUT2D eigenvalue weighted by Gasteiger charge is -1.89. The molecule has 0 amide bonds. The van der Waals surface area contributed by atoms with E-state index in [1.54, 1.807) is 6.20 Å². The van der Waals surface area contributed by atoms with Crippen LogP contribution in [0.3, 0.4) is 0 Å². The molecule has 15 heavy (non-hydrogen) atoms. The molecule has 1 N–H and O–H groups in total. The molecule has 0 bridgehead atoms. The summed E-state index contributed by atoms with van der Waals surface area (Å²) in [6, 6.07) is 5.65. The largest absolute Gasteiger partial charge is 0.263 e. The number of hydrogen-bond acceptors (Lipinski definition) is 3. The predicted octanol–water partition coefficient (Wildman–Crippen LogP) is 2.84. The second-order valence-corrected chi connectivity index (χ2v) is 2.46. The van der Waals surface area contributed by atoms with E-state index in [9.17, 15) is 0 Å². The van der Waals surface area contributed by atoms with Crippen LogP contribution in [0.15, 0.2) is 24.4 Å². The van der Waals surface area contributed by atoms with E-state index in [4.69, 9.17) is 0 Å². The summed E-state index contributed by atoms with van der Waals surface area (Å²) in [5, 5.41) is 6.75. The number of nitrogens with one attached hydrogen (secondary N) is 1. The number of nitrogens with zero attached hydrogens (tertiary/aromatic N) is 3. The molecule has 0 fully saturated rings. The summed E-state index contributed by atoms with van der Waals surface area (Å²) >= 11 is 0. The van der Waals surface area contributed by atoms with Crippen LogP contribution >= 0.6 is 0 Å². The van der Waals surface area contributed by atoms with Crippen molar-refractivity contribution in [3.63, 3.8) is 0 Å². The predicted molar refractivity (Wildman–Crippen MR) is 62.4 cm³/mol. The summed E-state index contributed by atoms with van der Waals surface area (Å²) in [6.45, 7) is 5.86. The molecule has 0 radical (unpaired) electrons.